The number of nitrogens with one attached hydrogen (secondary N) is 1. The van der Waals surface area contributed by atoms with Crippen LogP contribution in [0, 0.1) is 6.92 Å². The van der Waals surface area contributed by atoms with Gasteiger partial charge in [0.2, 0.25) is 0 Å². The molecule has 0 aliphatic rings. The second-order valence-corrected chi connectivity index (χ2v) is 11.4. The van der Waals surface area contributed by atoms with E-state index in [2.05, 4.69) is 5.32 Å². The minimum Gasteiger partial charge on any atom is -0.497 e. The van der Waals surface area contributed by atoms with Crippen molar-refractivity contribution < 1.29 is 17.9 Å². The number of nitrogens with zero attached hydrogens (tertiary/aromatic N) is 2. The number of carbonyl (C=O) groups excluding carboxylic acids is 1. The lowest BCUT2D eigenvalue weighted by atomic mass is 10.2. The Morgan fingerprint density at radius 1 is 1.06 bits per heavy atom. The van der Waals surface area contributed by atoms with E-state index in [-0.39, 0.29) is 34.2 Å². The second-order valence-electron chi connectivity index (χ2n) is 8.29. The Morgan fingerprint density at radius 2 is 1.72 bits per heavy atom. The zero-order valence-corrected chi connectivity index (χ0v) is 21.6. The highest BCUT2D eigenvalue weighted by Crippen LogP contribution is 2.22. The lowest BCUT2D eigenvalue weighted by molar-refractivity contribution is 0.0955. The average molecular weight is 528 g/mol. The maximum absolute atomic E-state index is 13.1. The van der Waals surface area contributed by atoms with E-state index in [0.717, 1.165) is 27.0 Å². The van der Waals surface area contributed by atoms with E-state index in [4.69, 9.17) is 4.74 Å². The van der Waals surface area contributed by atoms with E-state index in [0.29, 0.717) is 10.6 Å². The summed E-state index contributed by atoms with van der Waals surface area (Å²) < 4.78 is 32.7. The van der Waals surface area contributed by atoms with Gasteiger partial charge in [-0.3, -0.25) is 18.7 Å². The minimum absolute atomic E-state index is 0.130. The fraction of sp³-hybridized carbons (Fsp3) is 0.240. The Hall–Kier alpha value is -3.70. The third-order valence-electron chi connectivity index (χ3n) is 5.81. The van der Waals surface area contributed by atoms with Crippen LogP contribution in [0.5, 0.6) is 5.75 Å². The fourth-order valence-corrected chi connectivity index (χ4v) is 5.91. The summed E-state index contributed by atoms with van der Waals surface area (Å²) in [6, 6.07) is 15.1. The van der Waals surface area contributed by atoms with Gasteiger partial charge in [0.05, 0.1) is 28.0 Å². The lowest BCUT2D eigenvalue weighted by Gasteiger charge is -2.09. The molecule has 1 N–H and O–H groups in total. The molecule has 0 unspecified atom stereocenters. The molecule has 0 bridgehead atoms. The van der Waals surface area contributed by atoms with Crippen molar-refractivity contribution in [2.75, 3.05) is 12.9 Å². The van der Waals surface area contributed by atoms with Crippen LogP contribution >= 0.6 is 11.3 Å². The fourth-order valence-electron chi connectivity index (χ4n) is 3.68. The maximum Gasteiger partial charge on any atom is 0.331 e. The van der Waals surface area contributed by atoms with E-state index in [9.17, 15) is 22.8 Å². The summed E-state index contributed by atoms with van der Waals surface area (Å²) in [5.74, 6) is -0.0819. The smallest absolute Gasteiger partial charge is 0.331 e. The molecule has 0 atom stereocenters. The number of aromatic nitrogens is 2. The van der Waals surface area contributed by atoms with Crippen molar-refractivity contribution in [2.45, 2.75) is 24.9 Å². The molecule has 0 saturated carbocycles. The van der Waals surface area contributed by atoms with Crippen LogP contribution in [0.25, 0.3) is 10.2 Å². The highest BCUT2D eigenvalue weighted by molar-refractivity contribution is 7.91. The Labute approximate surface area is 211 Å². The van der Waals surface area contributed by atoms with Crippen LogP contribution in [0.2, 0.25) is 0 Å². The van der Waals surface area contributed by atoms with Crippen molar-refractivity contribution in [2.24, 2.45) is 7.05 Å². The highest BCUT2D eigenvalue weighted by Gasteiger charge is 2.20. The SMILES string of the molecule is COc1ccc(CNC(=O)c2cc3c(=O)n(CCS(=O)(=O)c4ccc(C)cc4)c(=O)n(C)c3s2)cc1. The summed E-state index contributed by atoms with van der Waals surface area (Å²) >= 11 is 1.03. The number of rotatable bonds is 8. The number of hydrogen-bond acceptors (Lipinski definition) is 7. The number of amides is 1. The van der Waals surface area contributed by atoms with Gasteiger partial charge in [0.25, 0.3) is 11.5 Å². The predicted octanol–water partition coefficient (Wildman–Crippen LogP) is 2.48. The Balaban J connectivity index is 1.57. The van der Waals surface area contributed by atoms with Gasteiger partial charge in [0.1, 0.15) is 10.6 Å². The van der Waals surface area contributed by atoms with E-state index >= 15 is 0 Å². The van der Waals surface area contributed by atoms with Gasteiger partial charge in [-0.25, -0.2) is 13.2 Å². The van der Waals surface area contributed by atoms with Crippen LogP contribution in [-0.4, -0.2) is 36.3 Å². The molecule has 9 nitrogen and oxygen atoms in total. The lowest BCUT2D eigenvalue weighted by Crippen LogP contribution is -2.40. The molecule has 0 saturated heterocycles. The van der Waals surface area contributed by atoms with Gasteiger partial charge in [0, 0.05) is 20.1 Å². The third-order valence-corrected chi connectivity index (χ3v) is 8.73. The quantitative estimate of drug-likeness (QED) is 0.376. The maximum atomic E-state index is 13.1. The van der Waals surface area contributed by atoms with Crippen LogP contribution in [0.3, 0.4) is 0 Å². The summed E-state index contributed by atoms with van der Waals surface area (Å²) in [5, 5.41) is 2.99. The molecule has 0 spiro atoms. The first-order valence-corrected chi connectivity index (χ1v) is 13.5. The molecular weight excluding hydrogens is 502 g/mol. The number of aryl methyl sites for hydroxylation is 2. The standard InChI is InChI=1S/C25H25N3O6S2/c1-16-4-10-19(11-5-16)36(32,33)13-12-28-23(30)20-14-21(35-24(20)27(2)25(28)31)22(29)26-15-17-6-8-18(34-3)9-7-17/h4-11,14H,12-13,15H2,1-3H3,(H,26,29). The number of carbonyl (C=O) groups is 1. The molecule has 2 aromatic carbocycles. The molecule has 1 amide bonds. The van der Waals surface area contributed by atoms with Crippen LogP contribution in [0.1, 0.15) is 20.8 Å². The first kappa shape index (κ1) is 25.4. The number of fused-ring (bicyclic) bond motifs is 1. The van der Waals surface area contributed by atoms with E-state index in [1.807, 2.05) is 19.1 Å². The Morgan fingerprint density at radius 3 is 2.36 bits per heavy atom. The zero-order valence-electron chi connectivity index (χ0n) is 20.0. The molecule has 0 aliphatic heterocycles. The average Bonchev–Trinajstić information content (AvgIpc) is 3.33. The Kier molecular flexibility index (Phi) is 7.14. The number of thiophene rings is 1. The van der Waals surface area contributed by atoms with Gasteiger partial charge in [-0.1, -0.05) is 29.8 Å². The third kappa shape index (κ3) is 5.12. The van der Waals surface area contributed by atoms with Gasteiger partial charge in [-0.15, -0.1) is 11.3 Å². The van der Waals surface area contributed by atoms with Crippen molar-refractivity contribution in [1.29, 1.82) is 0 Å². The monoisotopic (exact) mass is 527 g/mol. The minimum atomic E-state index is -3.70. The van der Waals surface area contributed by atoms with Gasteiger partial charge in [0.15, 0.2) is 9.84 Å². The summed E-state index contributed by atoms with van der Waals surface area (Å²) in [6.45, 7) is 1.83. The molecule has 4 rings (SSSR count). The first-order chi connectivity index (χ1) is 17.1. The molecular formula is C25H25N3O6S2. The van der Waals surface area contributed by atoms with Crippen molar-refractivity contribution in [3.63, 3.8) is 0 Å². The molecule has 2 aromatic heterocycles. The van der Waals surface area contributed by atoms with Gasteiger partial charge in [-0.05, 0) is 42.8 Å². The summed E-state index contributed by atoms with van der Waals surface area (Å²) in [7, 11) is -0.636. The molecule has 36 heavy (non-hydrogen) atoms. The Bertz CT molecular complexity index is 1650. The summed E-state index contributed by atoms with van der Waals surface area (Å²) in [6.07, 6.45) is 0. The summed E-state index contributed by atoms with van der Waals surface area (Å²) in [4.78, 5) is 39.5. The number of ether oxygens (including phenoxy) is 1. The van der Waals surface area contributed by atoms with Crippen LogP contribution in [0.4, 0.5) is 0 Å². The van der Waals surface area contributed by atoms with Crippen LogP contribution < -0.4 is 21.3 Å². The second kappa shape index (κ2) is 10.1. The molecule has 2 heterocycles. The predicted molar refractivity (Wildman–Crippen MR) is 139 cm³/mol. The topological polar surface area (TPSA) is 116 Å². The van der Waals surface area contributed by atoms with Crippen LogP contribution in [-0.2, 0) is 30.0 Å². The number of hydrogen-bond donors (Lipinski definition) is 1. The largest absolute Gasteiger partial charge is 0.497 e. The van der Waals surface area contributed by atoms with E-state index in [1.165, 1.54) is 29.8 Å². The van der Waals surface area contributed by atoms with Crippen molar-refractivity contribution in [3.05, 3.63) is 91.4 Å². The number of benzene rings is 2. The molecule has 4 aromatic rings. The summed E-state index contributed by atoms with van der Waals surface area (Å²) in [5.41, 5.74) is 0.525. The normalized spacial score (nSPS) is 11.5. The highest BCUT2D eigenvalue weighted by atomic mass is 32.2. The molecule has 11 heteroatoms. The van der Waals surface area contributed by atoms with Gasteiger partial charge >= 0.3 is 5.69 Å². The van der Waals surface area contributed by atoms with E-state index < -0.39 is 26.8 Å². The first-order valence-electron chi connectivity index (χ1n) is 11.0. The number of sulfone groups is 1. The van der Waals surface area contributed by atoms with Crippen molar-refractivity contribution in [1.82, 2.24) is 14.5 Å². The van der Waals surface area contributed by atoms with Gasteiger partial charge < -0.3 is 10.1 Å². The zero-order chi connectivity index (χ0) is 26.0. The number of methoxy groups -OCH3 is 1. The van der Waals surface area contributed by atoms with E-state index in [1.54, 1.807) is 31.4 Å². The van der Waals surface area contributed by atoms with Crippen molar-refractivity contribution >= 4 is 37.3 Å². The van der Waals surface area contributed by atoms with Crippen LogP contribution in [0.15, 0.2) is 69.1 Å². The van der Waals surface area contributed by atoms with Gasteiger partial charge in [-0.2, -0.15) is 0 Å². The molecule has 0 radical (unpaired) electrons. The van der Waals surface area contributed by atoms with Crippen molar-refractivity contribution in [3.8, 4) is 5.75 Å². The molecule has 188 valence electrons. The molecule has 0 aliphatic carbocycles. The molecule has 0 fully saturated rings.